The molecule has 0 spiro atoms. The number of amides is 3. The molecule has 0 fully saturated rings. The lowest BCUT2D eigenvalue weighted by atomic mass is 9.92. The normalized spacial score (nSPS) is 12.5. The Labute approximate surface area is 663 Å². The van der Waals surface area contributed by atoms with E-state index in [0.29, 0.717) is 98.1 Å². The van der Waals surface area contributed by atoms with Gasteiger partial charge in [-0.3, -0.25) is 28.8 Å². The van der Waals surface area contributed by atoms with Crippen molar-refractivity contribution in [3.8, 4) is 0 Å². The molecule has 27 heteroatoms. The standard InChI is InChI=1S/C87H109N6O21/c1-82(2,106)70(94)59-31-27-57(28-32-59)69(58-29-33-60(34-30-58)71(95)83(3,4)107)114-76(100)88-51-21-15-16-22-52-89-77(101)90(53-23-17-19-25-55-92(80(104)112-13,65-43-35-61(36-44-65)72(96)84(5,6)108)66-45-37-62(38-46-66)73(97)85(7,8)109)79(103)91(78(89)102)54-24-18-20-26-56-93(81(105)113-14,67-47-39-63(40-48-67)74(98)86(9,10)110)68-49-41-64(42-50-68)75(99)87(11,12)111/h27-50,69,106-111H,15-26,51-56H2,1-14H3/q+1/p+1. The van der Waals surface area contributed by atoms with Crippen LogP contribution in [0.25, 0.3) is 0 Å². The largest absolute Gasteiger partial charge is 0.526 e. The number of ether oxygens (including phenoxy) is 3. The Morgan fingerprint density at radius 3 is 0.754 bits per heavy atom. The maximum Gasteiger partial charge on any atom is 0.526 e. The number of aromatic nitrogens is 3. The van der Waals surface area contributed by atoms with Crippen LogP contribution < -0.4 is 31.4 Å². The number of benzene rings is 6. The van der Waals surface area contributed by atoms with Crippen LogP contribution in [-0.2, 0) is 33.8 Å². The van der Waals surface area contributed by atoms with Gasteiger partial charge in [-0.05, 0) is 194 Å². The highest BCUT2D eigenvalue weighted by Gasteiger charge is 2.46. The second-order valence-electron chi connectivity index (χ2n) is 32.0. The van der Waals surface area contributed by atoms with Crippen molar-refractivity contribution >= 4 is 75.7 Å². The number of nitrogens with one attached hydrogen (secondary N) is 1. The number of unbranched alkanes of at least 4 members (excludes halogenated alkanes) is 9. The SMILES string of the molecule is COC(=O)[N+](CCCCCCn1c(=O)n(CCCCCCNC(=O)OC(c2ccc(C(=O)C(C)(C)O)cc2)c2ccc(C(=O)C(C)(C)O)cc2)c(=O)n(CCCCCC[N+](C(=O)OC)(c2ccc(C(=O)C(C)(C)O)cc2)c2ccc(C(=O)C(C)(C)O)cc2)c1=O)(c1ccc(C(=O)C(C)(C)O)cc1)c1ccc(C(=O)C(C)(C)O)cc1. The third-order valence-corrected chi connectivity index (χ3v) is 20.0. The van der Waals surface area contributed by atoms with E-state index in [9.17, 15) is 88.2 Å². The van der Waals surface area contributed by atoms with Gasteiger partial charge < -0.3 is 50.2 Å². The molecule has 7 aromatic rings. The summed E-state index contributed by atoms with van der Waals surface area (Å²) in [6.45, 7) is 16.3. The summed E-state index contributed by atoms with van der Waals surface area (Å²) in [5, 5.41) is 65.7. The zero-order valence-corrected chi connectivity index (χ0v) is 67.7. The number of alkyl carbamates (subject to hydrolysis) is 1. The van der Waals surface area contributed by atoms with E-state index >= 15 is 0 Å². The summed E-state index contributed by atoms with van der Waals surface area (Å²) in [6, 6.07) is 36.9. The number of quaternary nitrogens is 2. The van der Waals surface area contributed by atoms with Gasteiger partial charge >= 0.3 is 35.3 Å². The minimum atomic E-state index is -1.70. The fraction of sp³-hybridized carbons (Fsp3) is 0.448. The maximum absolute atomic E-state index is 14.6. The zero-order valence-electron chi connectivity index (χ0n) is 67.7. The molecule has 7 N–H and O–H groups in total. The molecule has 0 radical (unpaired) electrons. The van der Waals surface area contributed by atoms with Crippen LogP contribution in [0.1, 0.15) is 240 Å². The number of hydrogen-bond acceptors (Lipinski definition) is 21. The zero-order chi connectivity index (χ0) is 84.7. The average Bonchev–Trinajstić information content (AvgIpc) is 0.795. The fourth-order valence-electron chi connectivity index (χ4n) is 13.6. The van der Waals surface area contributed by atoms with Gasteiger partial charge in [0.05, 0.1) is 27.3 Å². The number of carbonyl (C=O) groups excluding carboxylic acids is 9. The van der Waals surface area contributed by atoms with Crippen LogP contribution in [0.15, 0.2) is 160 Å². The third kappa shape index (κ3) is 22.1. The van der Waals surface area contributed by atoms with Crippen molar-refractivity contribution < 1.29 is 88.0 Å². The molecule has 6 aromatic carbocycles. The number of nitrogens with zero attached hydrogens (tertiary/aromatic N) is 5. The van der Waals surface area contributed by atoms with Gasteiger partial charge in [0.15, 0.2) is 40.8 Å². The molecule has 114 heavy (non-hydrogen) atoms. The number of aliphatic hydroxyl groups is 6. The van der Waals surface area contributed by atoms with E-state index in [1.165, 1.54) is 170 Å². The van der Waals surface area contributed by atoms with Crippen molar-refractivity contribution in [1.82, 2.24) is 28.0 Å². The summed E-state index contributed by atoms with van der Waals surface area (Å²) in [5.41, 5.74) is -9.00. The Balaban J connectivity index is 1.11. The summed E-state index contributed by atoms with van der Waals surface area (Å²) in [7, 11) is 2.45. The van der Waals surface area contributed by atoms with Gasteiger partial charge in [0, 0.05) is 108 Å². The minimum Gasteiger partial charge on any atom is -0.436 e. The molecule has 1 aromatic heterocycles. The van der Waals surface area contributed by atoms with Gasteiger partial charge in [-0.2, -0.15) is 18.6 Å². The van der Waals surface area contributed by atoms with E-state index < -0.39 is 119 Å². The smallest absolute Gasteiger partial charge is 0.436 e. The summed E-state index contributed by atoms with van der Waals surface area (Å²) in [6.07, 6.45) is 1.28. The monoisotopic (exact) mass is 1570 g/mol. The van der Waals surface area contributed by atoms with E-state index in [0.717, 1.165) is 13.7 Å². The van der Waals surface area contributed by atoms with Crippen molar-refractivity contribution in [2.75, 3.05) is 33.9 Å². The Morgan fingerprint density at radius 1 is 0.325 bits per heavy atom. The molecule has 0 atom stereocenters. The highest BCUT2D eigenvalue weighted by atomic mass is 16.6. The molecule has 0 unspecified atom stereocenters. The molecule has 7 rings (SSSR count). The van der Waals surface area contributed by atoms with Gasteiger partial charge in [-0.25, -0.2) is 32.9 Å². The number of carbonyl (C=O) groups is 9. The van der Waals surface area contributed by atoms with Crippen molar-refractivity contribution in [3.05, 3.63) is 222 Å². The lowest BCUT2D eigenvalue weighted by Crippen LogP contribution is -2.54. The number of ketones is 6. The van der Waals surface area contributed by atoms with Gasteiger partial charge in [0.25, 0.3) is 0 Å². The predicted molar refractivity (Wildman–Crippen MR) is 431 cm³/mol. The Kier molecular flexibility index (Phi) is 30.1. The second-order valence-corrected chi connectivity index (χ2v) is 32.0. The molecule has 3 amide bonds. The highest BCUT2D eigenvalue weighted by molar-refractivity contribution is 6.06. The van der Waals surface area contributed by atoms with E-state index in [2.05, 4.69) is 5.32 Å². The Bertz CT molecular complexity index is 4350. The van der Waals surface area contributed by atoms with Crippen LogP contribution in [-0.4, -0.2) is 165 Å². The van der Waals surface area contributed by atoms with Crippen molar-refractivity contribution in [2.24, 2.45) is 0 Å². The summed E-state index contributed by atoms with van der Waals surface area (Å²) in [5.74, 6) is -3.29. The van der Waals surface area contributed by atoms with Crippen molar-refractivity contribution in [3.63, 3.8) is 0 Å². The van der Waals surface area contributed by atoms with Gasteiger partial charge in [-0.15, -0.1) is 0 Å². The molecule has 612 valence electrons. The number of Topliss-reactive ketones (excluding diaryl/α,β-unsaturated/α-hetero) is 6. The number of hydrogen-bond donors (Lipinski definition) is 7. The third-order valence-electron chi connectivity index (χ3n) is 20.0. The first-order valence-corrected chi connectivity index (χ1v) is 38.3. The van der Waals surface area contributed by atoms with Crippen LogP contribution in [0.3, 0.4) is 0 Å². The highest BCUT2D eigenvalue weighted by Crippen LogP contribution is 2.41. The molecule has 0 saturated heterocycles. The van der Waals surface area contributed by atoms with Crippen LogP contribution in [0, 0.1) is 0 Å². The number of rotatable bonds is 40. The number of methoxy groups -OCH3 is 2. The first kappa shape index (κ1) is 90.8. The van der Waals surface area contributed by atoms with Gasteiger partial charge in [0.2, 0.25) is 0 Å². The molecule has 27 nitrogen and oxygen atoms in total. The van der Waals surface area contributed by atoms with Crippen LogP contribution in [0.4, 0.5) is 37.1 Å². The summed E-state index contributed by atoms with van der Waals surface area (Å²) < 4.78 is 18.9. The minimum absolute atomic E-state index is 0.0711. The lowest BCUT2D eigenvalue weighted by Gasteiger charge is -2.33. The molecule has 0 aliphatic heterocycles. The van der Waals surface area contributed by atoms with Crippen molar-refractivity contribution in [2.45, 2.75) is 219 Å². The molecule has 0 bridgehead atoms. The van der Waals surface area contributed by atoms with Crippen LogP contribution >= 0.6 is 0 Å². The Morgan fingerprint density at radius 2 is 0.535 bits per heavy atom. The van der Waals surface area contributed by atoms with Gasteiger partial charge in [0.1, 0.15) is 56.4 Å². The first-order valence-electron chi connectivity index (χ1n) is 38.3. The fourth-order valence-corrected chi connectivity index (χ4v) is 13.6. The summed E-state index contributed by atoms with van der Waals surface area (Å²) in [4.78, 5) is 165. The topological polar surface area (TPSA) is 381 Å². The molecule has 1 heterocycles. The van der Waals surface area contributed by atoms with E-state index in [4.69, 9.17) is 14.2 Å². The molecular weight excluding hydrogens is 1460 g/mol. The van der Waals surface area contributed by atoms with Gasteiger partial charge in [-0.1, -0.05) is 74.2 Å². The summed E-state index contributed by atoms with van der Waals surface area (Å²) >= 11 is 0. The van der Waals surface area contributed by atoms with E-state index in [-0.39, 0.29) is 85.5 Å². The first-order chi connectivity index (χ1) is 53.2. The molecule has 0 saturated carbocycles. The van der Waals surface area contributed by atoms with Crippen LogP contribution in [0.2, 0.25) is 0 Å². The molecular formula is C87H110N6O21+2. The van der Waals surface area contributed by atoms with Crippen LogP contribution in [0.5, 0.6) is 0 Å². The van der Waals surface area contributed by atoms with E-state index in [1.54, 1.807) is 72.8 Å². The van der Waals surface area contributed by atoms with Crippen molar-refractivity contribution in [1.29, 1.82) is 0 Å². The predicted octanol–water partition coefficient (Wildman–Crippen LogP) is 12.3. The van der Waals surface area contributed by atoms with E-state index in [1.807, 2.05) is 0 Å². The Hall–Kier alpha value is -10.4. The molecule has 0 aliphatic rings. The second kappa shape index (κ2) is 37.7. The lowest BCUT2D eigenvalue weighted by molar-refractivity contribution is 0.0487. The molecule has 0 aliphatic carbocycles. The maximum atomic E-state index is 14.6. The average molecular weight is 1580 g/mol. The quantitative estimate of drug-likeness (QED) is 0.00812.